The van der Waals surface area contributed by atoms with Crippen molar-refractivity contribution in [1.29, 1.82) is 0 Å². The van der Waals surface area contributed by atoms with Gasteiger partial charge in [0.15, 0.2) is 0 Å². The minimum Gasteiger partial charge on any atom is -0.207 e. The Labute approximate surface area is 165 Å². The standard InChI is InChI=1S/C20H22N2O4S2/c23-27(24,17-6-2-1-3-7-17)21-13-12-20(15-21)18-8-4-5-9-19(18)28(25,26)22(20)14-16-10-11-16/h1-9,16H,10-15H2/t20-/m1/s1. The molecular formula is C20H22N2O4S2. The Morgan fingerprint density at radius 2 is 1.68 bits per heavy atom. The van der Waals surface area contributed by atoms with Crippen LogP contribution in [0.5, 0.6) is 0 Å². The first-order valence-electron chi connectivity index (χ1n) is 9.53. The summed E-state index contributed by atoms with van der Waals surface area (Å²) in [6, 6.07) is 15.4. The smallest absolute Gasteiger partial charge is 0.207 e. The molecule has 2 aliphatic heterocycles. The van der Waals surface area contributed by atoms with Crippen molar-refractivity contribution in [1.82, 2.24) is 8.61 Å². The molecule has 1 atom stereocenters. The third-order valence-electron chi connectivity index (χ3n) is 6.15. The Bertz CT molecular complexity index is 1130. The molecule has 1 aliphatic carbocycles. The van der Waals surface area contributed by atoms with Crippen LogP contribution in [0.4, 0.5) is 0 Å². The largest absolute Gasteiger partial charge is 0.244 e. The van der Waals surface area contributed by atoms with Gasteiger partial charge in [-0.2, -0.15) is 8.61 Å². The van der Waals surface area contributed by atoms with Crippen molar-refractivity contribution in [2.75, 3.05) is 19.6 Å². The summed E-state index contributed by atoms with van der Waals surface area (Å²) in [6.45, 7) is 0.936. The molecule has 148 valence electrons. The number of nitrogens with zero attached hydrogens (tertiary/aromatic N) is 2. The second-order valence-electron chi connectivity index (χ2n) is 7.91. The molecule has 2 fully saturated rings. The highest BCUT2D eigenvalue weighted by molar-refractivity contribution is 7.89. The molecule has 0 N–H and O–H groups in total. The second kappa shape index (κ2) is 6.13. The van der Waals surface area contributed by atoms with E-state index in [1.165, 1.54) is 4.31 Å². The molecular weight excluding hydrogens is 396 g/mol. The van der Waals surface area contributed by atoms with Crippen LogP contribution in [0.2, 0.25) is 0 Å². The van der Waals surface area contributed by atoms with Crippen LogP contribution >= 0.6 is 0 Å². The number of benzene rings is 2. The Kier molecular flexibility index (Phi) is 4.00. The van der Waals surface area contributed by atoms with E-state index in [1.54, 1.807) is 46.8 Å². The molecule has 0 radical (unpaired) electrons. The van der Waals surface area contributed by atoms with E-state index in [0.29, 0.717) is 30.3 Å². The van der Waals surface area contributed by atoms with Gasteiger partial charge in [-0.15, -0.1) is 0 Å². The van der Waals surface area contributed by atoms with Gasteiger partial charge in [-0.05, 0) is 48.9 Å². The maximum absolute atomic E-state index is 13.3. The van der Waals surface area contributed by atoms with E-state index in [2.05, 4.69) is 0 Å². The molecule has 1 saturated carbocycles. The average Bonchev–Trinajstić information content (AvgIpc) is 3.38. The zero-order chi connectivity index (χ0) is 19.6. The van der Waals surface area contributed by atoms with Crippen LogP contribution in [0, 0.1) is 5.92 Å². The lowest BCUT2D eigenvalue weighted by molar-refractivity contribution is 0.204. The summed E-state index contributed by atoms with van der Waals surface area (Å²) in [5.74, 6) is 0.376. The summed E-state index contributed by atoms with van der Waals surface area (Å²) in [5, 5.41) is 0. The summed E-state index contributed by atoms with van der Waals surface area (Å²) in [5.41, 5.74) is -0.0683. The van der Waals surface area contributed by atoms with E-state index in [0.717, 1.165) is 18.4 Å². The highest BCUT2D eigenvalue weighted by Crippen LogP contribution is 2.51. The van der Waals surface area contributed by atoms with Crippen molar-refractivity contribution >= 4 is 20.0 Å². The maximum Gasteiger partial charge on any atom is 0.244 e. The number of hydrogen-bond acceptors (Lipinski definition) is 4. The van der Waals surface area contributed by atoms with Crippen molar-refractivity contribution in [3.63, 3.8) is 0 Å². The van der Waals surface area contributed by atoms with E-state index in [9.17, 15) is 16.8 Å². The lowest BCUT2D eigenvalue weighted by atomic mass is 9.89. The molecule has 3 aliphatic rings. The molecule has 8 heteroatoms. The first kappa shape index (κ1) is 18.3. The predicted octanol–water partition coefficient (Wildman–Crippen LogP) is 2.39. The van der Waals surface area contributed by atoms with Crippen molar-refractivity contribution in [3.8, 4) is 0 Å². The first-order chi connectivity index (χ1) is 13.4. The van der Waals surface area contributed by atoms with E-state index in [1.807, 2.05) is 12.1 Å². The summed E-state index contributed by atoms with van der Waals surface area (Å²) < 4.78 is 55.9. The normalized spacial score (nSPS) is 27.3. The molecule has 0 aromatic heterocycles. The fourth-order valence-electron chi connectivity index (χ4n) is 4.50. The third-order valence-corrected chi connectivity index (χ3v) is 10.00. The fraction of sp³-hybridized carbons (Fsp3) is 0.400. The molecule has 1 saturated heterocycles. The van der Waals surface area contributed by atoms with Gasteiger partial charge in [0.05, 0.1) is 15.3 Å². The van der Waals surface area contributed by atoms with Crippen LogP contribution in [0.1, 0.15) is 24.8 Å². The predicted molar refractivity (Wildman–Crippen MR) is 105 cm³/mol. The van der Waals surface area contributed by atoms with Crippen molar-refractivity contribution in [2.45, 2.75) is 34.6 Å². The van der Waals surface area contributed by atoms with Crippen LogP contribution in [0.25, 0.3) is 0 Å². The number of rotatable bonds is 4. The zero-order valence-electron chi connectivity index (χ0n) is 15.4. The molecule has 28 heavy (non-hydrogen) atoms. The van der Waals surface area contributed by atoms with Gasteiger partial charge in [-0.25, -0.2) is 16.8 Å². The van der Waals surface area contributed by atoms with E-state index >= 15 is 0 Å². The molecule has 2 aromatic rings. The van der Waals surface area contributed by atoms with Crippen LogP contribution in [-0.2, 0) is 25.6 Å². The molecule has 2 aromatic carbocycles. The summed E-state index contributed by atoms with van der Waals surface area (Å²) in [6.07, 6.45) is 2.54. The van der Waals surface area contributed by atoms with Gasteiger partial charge in [0.1, 0.15) is 0 Å². The zero-order valence-corrected chi connectivity index (χ0v) is 17.0. The van der Waals surface area contributed by atoms with Gasteiger partial charge >= 0.3 is 0 Å². The Morgan fingerprint density at radius 1 is 1.00 bits per heavy atom. The maximum atomic E-state index is 13.3. The number of sulfonamides is 2. The third kappa shape index (κ3) is 2.58. The van der Waals surface area contributed by atoms with Crippen LogP contribution in [-0.4, -0.2) is 45.1 Å². The Balaban J connectivity index is 1.59. The molecule has 0 amide bonds. The van der Waals surface area contributed by atoms with Gasteiger partial charge < -0.3 is 0 Å². The Morgan fingerprint density at radius 3 is 2.39 bits per heavy atom. The molecule has 0 bridgehead atoms. The van der Waals surface area contributed by atoms with Crippen molar-refractivity contribution < 1.29 is 16.8 Å². The van der Waals surface area contributed by atoms with E-state index < -0.39 is 25.6 Å². The van der Waals surface area contributed by atoms with Gasteiger partial charge in [-0.3, -0.25) is 0 Å². The van der Waals surface area contributed by atoms with Gasteiger partial charge in [0.2, 0.25) is 20.0 Å². The first-order valence-corrected chi connectivity index (χ1v) is 12.4. The van der Waals surface area contributed by atoms with E-state index in [-0.39, 0.29) is 11.4 Å². The van der Waals surface area contributed by atoms with Crippen molar-refractivity contribution in [2.24, 2.45) is 5.92 Å². The average molecular weight is 419 g/mol. The number of hydrogen-bond donors (Lipinski definition) is 0. The van der Waals surface area contributed by atoms with Gasteiger partial charge in [0.25, 0.3) is 0 Å². The summed E-state index contributed by atoms with van der Waals surface area (Å²) >= 11 is 0. The lowest BCUT2D eigenvalue weighted by Gasteiger charge is -2.34. The van der Waals surface area contributed by atoms with Crippen LogP contribution < -0.4 is 0 Å². The van der Waals surface area contributed by atoms with Gasteiger partial charge in [-0.1, -0.05) is 36.4 Å². The lowest BCUT2D eigenvalue weighted by Crippen LogP contribution is -2.47. The minimum absolute atomic E-state index is 0.160. The topological polar surface area (TPSA) is 74.8 Å². The van der Waals surface area contributed by atoms with Gasteiger partial charge in [0, 0.05) is 19.6 Å². The molecule has 5 rings (SSSR count). The van der Waals surface area contributed by atoms with Crippen LogP contribution in [0.3, 0.4) is 0 Å². The highest BCUT2D eigenvalue weighted by atomic mass is 32.2. The molecule has 1 spiro atoms. The molecule has 0 unspecified atom stereocenters. The van der Waals surface area contributed by atoms with Crippen molar-refractivity contribution in [3.05, 3.63) is 60.2 Å². The quantitative estimate of drug-likeness (QED) is 0.764. The summed E-state index contributed by atoms with van der Waals surface area (Å²) in [7, 11) is -7.28. The SMILES string of the molecule is O=S(=O)(c1ccccc1)N1CC[C@@]2(C1)c1ccccc1S(=O)(=O)N2CC1CC1. The second-order valence-corrected chi connectivity index (χ2v) is 11.7. The Hall–Kier alpha value is -1.74. The number of fused-ring (bicyclic) bond motifs is 2. The monoisotopic (exact) mass is 418 g/mol. The highest BCUT2D eigenvalue weighted by Gasteiger charge is 2.58. The van der Waals surface area contributed by atoms with E-state index in [4.69, 9.17) is 0 Å². The fourth-order valence-corrected chi connectivity index (χ4v) is 8.15. The minimum atomic E-state index is -3.67. The molecule has 6 nitrogen and oxygen atoms in total. The van der Waals surface area contributed by atoms with Crippen LogP contribution in [0.15, 0.2) is 64.4 Å². The summed E-state index contributed by atoms with van der Waals surface area (Å²) in [4.78, 5) is 0.574. The molecule has 2 heterocycles.